The van der Waals surface area contributed by atoms with Crippen molar-refractivity contribution in [2.75, 3.05) is 0 Å². The van der Waals surface area contributed by atoms with E-state index >= 15 is 0 Å². The van der Waals surface area contributed by atoms with Crippen LogP contribution in [0, 0.1) is 17.8 Å². The highest BCUT2D eigenvalue weighted by molar-refractivity contribution is 6.99. The Balaban J connectivity index is 1.77. The molecule has 3 nitrogen and oxygen atoms in total. The fourth-order valence-electron chi connectivity index (χ4n) is 3.27. The van der Waals surface area contributed by atoms with Gasteiger partial charge in [0.05, 0.1) is 29.7 Å². The highest BCUT2D eigenvalue weighted by Gasteiger charge is 2.42. The van der Waals surface area contributed by atoms with Gasteiger partial charge >= 0.3 is 0 Å². The predicted molar refractivity (Wildman–Crippen MR) is 55.8 cm³/mol. The summed E-state index contributed by atoms with van der Waals surface area (Å²) in [5.41, 5.74) is 7.24. The van der Waals surface area contributed by atoms with Gasteiger partial charge in [0.15, 0.2) is 0 Å². The second kappa shape index (κ2) is 3.28. The van der Waals surface area contributed by atoms with Crippen LogP contribution in [-0.4, -0.2) is 8.75 Å². The zero-order valence-electron chi connectivity index (χ0n) is 8.10. The lowest BCUT2D eigenvalue weighted by atomic mass is 9.82. The van der Waals surface area contributed by atoms with Crippen molar-refractivity contribution in [3.8, 4) is 0 Å². The molecule has 3 rings (SSSR count). The number of hydrogen-bond donors (Lipinski definition) is 1. The third kappa shape index (κ3) is 1.28. The molecule has 1 aromatic heterocycles. The monoisotopic (exact) mass is 209 g/mol. The molecule has 4 heteroatoms. The molecule has 2 aliphatic carbocycles. The molecule has 76 valence electrons. The minimum atomic E-state index is 0.143. The Morgan fingerprint density at radius 3 is 2.93 bits per heavy atom. The zero-order valence-corrected chi connectivity index (χ0v) is 8.91. The average Bonchev–Trinajstić information content (AvgIpc) is 2.93. The Morgan fingerprint density at radius 2 is 2.36 bits per heavy atom. The van der Waals surface area contributed by atoms with E-state index in [1.807, 2.05) is 6.20 Å². The van der Waals surface area contributed by atoms with Crippen LogP contribution in [0.4, 0.5) is 0 Å². The van der Waals surface area contributed by atoms with Crippen LogP contribution in [0.1, 0.15) is 37.4 Å². The summed E-state index contributed by atoms with van der Waals surface area (Å²) in [6.07, 6.45) is 7.39. The van der Waals surface area contributed by atoms with Crippen molar-refractivity contribution in [2.24, 2.45) is 23.5 Å². The van der Waals surface area contributed by atoms with Gasteiger partial charge in [-0.15, -0.1) is 0 Å². The topological polar surface area (TPSA) is 51.8 Å². The largest absolute Gasteiger partial charge is 0.322 e. The fraction of sp³-hybridized carbons (Fsp3) is 0.800. The quantitative estimate of drug-likeness (QED) is 0.810. The van der Waals surface area contributed by atoms with Gasteiger partial charge in [-0.2, -0.15) is 8.75 Å². The molecule has 2 bridgehead atoms. The van der Waals surface area contributed by atoms with Gasteiger partial charge in [0, 0.05) is 0 Å². The Kier molecular flexibility index (Phi) is 2.06. The molecule has 2 saturated carbocycles. The lowest BCUT2D eigenvalue weighted by molar-refractivity contribution is 0.282. The molecule has 0 spiro atoms. The maximum absolute atomic E-state index is 6.24. The van der Waals surface area contributed by atoms with E-state index in [-0.39, 0.29) is 6.04 Å². The number of aromatic nitrogens is 2. The Hall–Kier alpha value is -0.480. The van der Waals surface area contributed by atoms with Crippen molar-refractivity contribution in [3.63, 3.8) is 0 Å². The summed E-state index contributed by atoms with van der Waals surface area (Å²) in [4.78, 5) is 0. The van der Waals surface area contributed by atoms with Crippen molar-refractivity contribution in [2.45, 2.75) is 31.7 Å². The van der Waals surface area contributed by atoms with Crippen LogP contribution >= 0.6 is 11.7 Å². The molecule has 1 heterocycles. The van der Waals surface area contributed by atoms with Crippen molar-refractivity contribution in [1.29, 1.82) is 0 Å². The predicted octanol–water partition coefficient (Wildman–Crippen LogP) is 1.97. The summed E-state index contributed by atoms with van der Waals surface area (Å²) in [5.74, 6) is 2.51. The first kappa shape index (κ1) is 8.80. The maximum atomic E-state index is 6.24. The van der Waals surface area contributed by atoms with E-state index in [4.69, 9.17) is 5.73 Å². The highest BCUT2D eigenvalue weighted by Crippen LogP contribution is 2.51. The normalized spacial score (nSPS) is 37.6. The first-order chi connectivity index (χ1) is 6.84. The highest BCUT2D eigenvalue weighted by atomic mass is 32.1. The van der Waals surface area contributed by atoms with Crippen molar-refractivity contribution < 1.29 is 0 Å². The van der Waals surface area contributed by atoms with Gasteiger partial charge in [0.1, 0.15) is 0 Å². The molecule has 2 fully saturated rings. The number of rotatable bonds is 2. The van der Waals surface area contributed by atoms with Crippen LogP contribution in [0.25, 0.3) is 0 Å². The first-order valence-electron chi connectivity index (χ1n) is 5.37. The minimum absolute atomic E-state index is 0.143. The summed E-state index contributed by atoms with van der Waals surface area (Å²) in [5, 5.41) is 0. The summed E-state index contributed by atoms with van der Waals surface area (Å²) in [6.45, 7) is 0. The Bertz CT molecular complexity index is 311. The van der Waals surface area contributed by atoms with Crippen molar-refractivity contribution in [1.82, 2.24) is 8.75 Å². The summed E-state index contributed by atoms with van der Waals surface area (Å²) >= 11 is 1.27. The zero-order chi connectivity index (χ0) is 9.54. The second-order valence-electron chi connectivity index (χ2n) is 4.70. The van der Waals surface area contributed by atoms with Gasteiger partial charge in [-0.3, -0.25) is 0 Å². The molecule has 0 radical (unpaired) electrons. The first-order valence-corrected chi connectivity index (χ1v) is 6.10. The summed E-state index contributed by atoms with van der Waals surface area (Å²) < 4.78 is 8.28. The smallest absolute Gasteiger partial charge is 0.0913 e. The molecule has 2 aliphatic rings. The molecule has 0 aromatic carbocycles. The summed E-state index contributed by atoms with van der Waals surface area (Å²) in [6, 6.07) is 0.143. The lowest BCUT2D eigenvalue weighted by Crippen LogP contribution is -2.26. The van der Waals surface area contributed by atoms with Crippen molar-refractivity contribution in [3.05, 3.63) is 11.9 Å². The second-order valence-corrected chi connectivity index (χ2v) is 5.25. The Labute approximate surface area is 88.0 Å². The van der Waals surface area contributed by atoms with E-state index in [2.05, 4.69) is 8.75 Å². The average molecular weight is 209 g/mol. The number of hydrogen-bond acceptors (Lipinski definition) is 4. The standard InChI is InChI=1S/C10H15N3S/c11-10(9-5-12-14-13-9)8-4-6-1-2-7(8)3-6/h5-8,10H,1-4,11H2. The third-order valence-electron chi connectivity index (χ3n) is 3.97. The van der Waals surface area contributed by atoms with Gasteiger partial charge in [0.25, 0.3) is 0 Å². The third-order valence-corrected chi connectivity index (χ3v) is 4.47. The van der Waals surface area contributed by atoms with E-state index in [9.17, 15) is 0 Å². The molecular formula is C10H15N3S. The van der Waals surface area contributed by atoms with E-state index in [0.29, 0.717) is 5.92 Å². The number of nitrogens with two attached hydrogens (primary N) is 1. The molecule has 14 heavy (non-hydrogen) atoms. The van der Waals surface area contributed by atoms with E-state index < -0.39 is 0 Å². The van der Waals surface area contributed by atoms with E-state index in [0.717, 1.165) is 17.5 Å². The van der Waals surface area contributed by atoms with E-state index in [1.165, 1.54) is 37.4 Å². The fourth-order valence-corrected chi connectivity index (χ4v) is 3.74. The molecule has 4 unspecified atom stereocenters. The van der Waals surface area contributed by atoms with Gasteiger partial charge in [-0.1, -0.05) is 6.42 Å². The number of nitrogens with zero attached hydrogens (tertiary/aromatic N) is 2. The molecule has 1 aromatic rings. The maximum Gasteiger partial charge on any atom is 0.0913 e. The van der Waals surface area contributed by atoms with Gasteiger partial charge in [0.2, 0.25) is 0 Å². The number of fused-ring (bicyclic) bond motifs is 2. The minimum Gasteiger partial charge on any atom is -0.322 e. The SMILES string of the molecule is NC(c1cnsn1)C1CC2CCC1C2. The molecule has 0 aliphatic heterocycles. The molecule has 2 N–H and O–H groups in total. The molecular weight excluding hydrogens is 194 g/mol. The molecule has 0 saturated heterocycles. The van der Waals surface area contributed by atoms with Gasteiger partial charge < -0.3 is 5.73 Å². The molecule has 4 atom stereocenters. The van der Waals surface area contributed by atoms with Crippen molar-refractivity contribution >= 4 is 11.7 Å². The van der Waals surface area contributed by atoms with Gasteiger partial charge in [-0.25, -0.2) is 0 Å². The summed E-state index contributed by atoms with van der Waals surface area (Å²) in [7, 11) is 0. The van der Waals surface area contributed by atoms with Crippen LogP contribution in [0.15, 0.2) is 6.20 Å². The lowest BCUT2D eigenvalue weighted by Gasteiger charge is -2.26. The Morgan fingerprint density at radius 1 is 1.43 bits per heavy atom. The van der Waals surface area contributed by atoms with E-state index in [1.54, 1.807) is 0 Å². The van der Waals surface area contributed by atoms with Crippen LogP contribution in [-0.2, 0) is 0 Å². The van der Waals surface area contributed by atoms with Crippen LogP contribution in [0.2, 0.25) is 0 Å². The van der Waals surface area contributed by atoms with Crippen LogP contribution < -0.4 is 5.73 Å². The van der Waals surface area contributed by atoms with Crippen LogP contribution in [0.3, 0.4) is 0 Å². The van der Waals surface area contributed by atoms with Gasteiger partial charge in [-0.05, 0) is 37.0 Å². The van der Waals surface area contributed by atoms with Crippen LogP contribution in [0.5, 0.6) is 0 Å². The molecule has 0 amide bonds.